The number of anilines is 1. The van der Waals surface area contributed by atoms with Crippen LogP contribution < -0.4 is 14.4 Å². The van der Waals surface area contributed by atoms with Gasteiger partial charge in [0.1, 0.15) is 17.6 Å². The largest absolute Gasteiger partial charge is 0.497 e. The first-order valence-electron chi connectivity index (χ1n) is 12.0. The minimum atomic E-state index is -3.77. The second kappa shape index (κ2) is 13.8. The summed E-state index contributed by atoms with van der Waals surface area (Å²) in [5.41, 5.74) is 0.767. The average molecular weight is 522 g/mol. The molecule has 0 unspecified atom stereocenters. The number of nitrogens with one attached hydrogen (secondary N) is 1. The van der Waals surface area contributed by atoms with E-state index in [1.807, 2.05) is 26.0 Å². The second-order valence-corrected chi connectivity index (χ2v) is 10.4. The normalized spacial score (nSPS) is 12.0. The van der Waals surface area contributed by atoms with Crippen LogP contribution in [-0.4, -0.2) is 57.6 Å². The van der Waals surface area contributed by atoms with Crippen molar-refractivity contribution < 1.29 is 27.1 Å². The molecule has 0 saturated heterocycles. The van der Waals surface area contributed by atoms with E-state index in [2.05, 4.69) is 5.32 Å². The van der Waals surface area contributed by atoms with E-state index in [1.54, 1.807) is 25.3 Å². The highest BCUT2D eigenvalue weighted by molar-refractivity contribution is 7.92. The molecular formula is C26H36FN3O5S. The molecular weight excluding hydrogens is 485 g/mol. The quantitative estimate of drug-likeness (QED) is 0.409. The van der Waals surface area contributed by atoms with Gasteiger partial charge in [-0.25, -0.2) is 12.8 Å². The van der Waals surface area contributed by atoms with E-state index in [1.165, 1.54) is 23.1 Å². The van der Waals surface area contributed by atoms with Gasteiger partial charge in [-0.2, -0.15) is 0 Å². The molecule has 0 heterocycles. The molecule has 0 spiro atoms. The summed E-state index contributed by atoms with van der Waals surface area (Å²) < 4.78 is 45.1. The van der Waals surface area contributed by atoms with E-state index in [0.717, 1.165) is 22.5 Å². The van der Waals surface area contributed by atoms with Crippen LogP contribution in [0.2, 0.25) is 0 Å². The first kappa shape index (κ1) is 29.1. The molecule has 2 aromatic rings. The topological polar surface area (TPSA) is 96.0 Å². The first-order valence-corrected chi connectivity index (χ1v) is 13.9. The summed E-state index contributed by atoms with van der Waals surface area (Å²) in [6, 6.07) is 12.2. The van der Waals surface area contributed by atoms with Gasteiger partial charge in [-0.15, -0.1) is 0 Å². The van der Waals surface area contributed by atoms with Gasteiger partial charge in [-0.05, 0) is 49.1 Å². The Hall–Kier alpha value is -3.14. The molecule has 198 valence electrons. The Kier molecular flexibility index (Phi) is 11.2. The fourth-order valence-corrected chi connectivity index (χ4v) is 4.82. The number of methoxy groups -OCH3 is 1. The van der Waals surface area contributed by atoms with Crippen molar-refractivity contribution >= 4 is 27.5 Å². The number of nitrogens with zero attached hydrogens (tertiary/aromatic N) is 2. The number of hydrogen-bond acceptors (Lipinski definition) is 5. The predicted molar refractivity (Wildman–Crippen MR) is 139 cm³/mol. The maximum Gasteiger partial charge on any atom is 0.242 e. The molecule has 0 bridgehead atoms. The Morgan fingerprint density at radius 1 is 1.08 bits per heavy atom. The van der Waals surface area contributed by atoms with Gasteiger partial charge >= 0.3 is 0 Å². The van der Waals surface area contributed by atoms with E-state index < -0.39 is 21.9 Å². The van der Waals surface area contributed by atoms with Crippen LogP contribution in [-0.2, 0) is 26.2 Å². The number of ether oxygens (including phenoxy) is 1. The number of carbonyl (C=O) groups is 2. The van der Waals surface area contributed by atoms with Crippen LogP contribution in [0.1, 0.15) is 45.1 Å². The van der Waals surface area contributed by atoms with E-state index in [-0.39, 0.29) is 43.4 Å². The summed E-state index contributed by atoms with van der Waals surface area (Å²) >= 11 is 0. The molecule has 1 atom stereocenters. The second-order valence-electron chi connectivity index (χ2n) is 8.47. The van der Waals surface area contributed by atoms with Crippen LogP contribution in [0.15, 0.2) is 48.5 Å². The molecule has 10 heteroatoms. The van der Waals surface area contributed by atoms with Crippen LogP contribution >= 0.6 is 0 Å². The molecule has 2 rings (SSSR count). The number of halogens is 1. The molecule has 0 saturated carbocycles. The van der Waals surface area contributed by atoms with E-state index in [9.17, 15) is 22.4 Å². The average Bonchev–Trinajstić information content (AvgIpc) is 2.85. The summed E-state index contributed by atoms with van der Waals surface area (Å²) in [6.07, 6.45) is 2.34. The SMILES string of the molecule is CCCNC(=O)[C@@H](CC)N(Cc1ccc(OC)cc1)C(=O)CCCN(c1ccccc1F)S(C)(=O)=O. The van der Waals surface area contributed by atoms with Crippen molar-refractivity contribution in [2.45, 2.75) is 52.1 Å². The lowest BCUT2D eigenvalue weighted by Crippen LogP contribution is -2.49. The molecule has 1 N–H and O–H groups in total. The molecule has 2 aromatic carbocycles. The highest BCUT2D eigenvalue weighted by atomic mass is 32.2. The van der Waals surface area contributed by atoms with Crippen LogP contribution in [0.5, 0.6) is 5.75 Å². The molecule has 0 aliphatic rings. The summed E-state index contributed by atoms with van der Waals surface area (Å²) in [6.45, 7) is 4.44. The summed E-state index contributed by atoms with van der Waals surface area (Å²) in [5.74, 6) is -0.496. The fourth-order valence-electron chi connectivity index (χ4n) is 3.85. The van der Waals surface area contributed by atoms with Gasteiger partial charge in [0.25, 0.3) is 0 Å². The third-order valence-electron chi connectivity index (χ3n) is 5.72. The van der Waals surface area contributed by atoms with Gasteiger partial charge < -0.3 is 15.0 Å². The van der Waals surface area contributed by atoms with E-state index >= 15 is 0 Å². The standard InChI is InChI=1S/C26H36FN3O5S/c1-5-17-28-26(32)23(6-2)29(19-20-13-15-21(35-3)16-14-20)25(31)12-9-18-30(36(4,33)34)24-11-8-7-10-22(24)27/h7-8,10-11,13-16,23H,5-6,9,12,17-19H2,1-4H3,(H,28,32)/t23-/m1/s1. The maximum absolute atomic E-state index is 14.3. The van der Waals surface area contributed by atoms with E-state index in [0.29, 0.717) is 18.7 Å². The van der Waals surface area contributed by atoms with Crippen molar-refractivity contribution in [2.24, 2.45) is 0 Å². The Bertz CT molecular complexity index is 1110. The van der Waals surface area contributed by atoms with Crippen LogP contribution in [0.4, 0.5) is 10.1 Å². The van der Waals surface area contributed by atoms with E-state index in [4.69, 9.17) is 4.74 Å². The van der Waals surface area contributed by atoms with Crippen molar-refractivity contribution in [2.75, 3.05) is 30.8 Å². The highest BCUT2D eigenvalue weighted by Gasteiger charge is 2.29. The lowest BCUT2D eigenvalue weighted by molar-refractivity contribution is -0.141. The highest BCUT2D eigenvalue weighted by Crippen LogP contribution is 2.23. The summed E-state index contributed by atoms with van der Waals surface area (Å²) in [4.78, 5) is 27.7. The minimum absolute atomic E-state index is 0.00577. The third kappa shape index (κ3) is 8.22. The molecule has 0 aliphatic heterocycles. The van der Waals surface area contributed by atoms with Gasteiger partial charge in [0.15, 0.2) is 0 Å². The van der Waals surface area contributed by atoms with Crippen molar-refractivity contribution in [3.63, 3.8) is 0 Å². The molecule has 0 aliphatic carbocycles. The number of sulfonamides is 1. The zero-order chi connectivity index (χ0) is 26.7. The number of benzene rings is 2. The Morgan fingerprint density at radius 3 is 2.31 bits per heavy atom. The first-order chi connectivity index (χ1) is 17.1. The van der Waals surface area contributed by atoms with Gasteiger partial charge in [-0.1, -0.05) is 38.1 Å². The zero-order valence-electron chi connectivity index (χ0n) is 21.4. The molecule has 0 aromatic heterocycles. The van der Waals surface area contributed by atoms with Gasteiger partial charge in [0.2, 0.25) is 21.8 Å². The van der Waals surface area contributed by atoms with Crippen molar-refractivity contribution in [3.8, 4) is 5.75 Å². The number of carbonyl (C=O) groups excluding carboxylic acids is 2. The lowest BCUT2D eigenvalue weighted by atomic mass is 10.1. The third-order valence-corrected chi connectivity index (χ3v) is 6.90. The number of amides is 2. The monoisotopic (exact) mass is 521 g/mol. The van der Waals surface area contributed by atoms with Crippen LogP contribution in [0.25, 0.3) is 0 Å². The fraction of sp³-hybridized carbons (Fsp3) is 0.462. The Morgan fingerprint density at radius 2 is 1.75 bits per heavy atom. The molecule has 36 heavy (non-hydrogen) atoms. The predicted octanol–water partition coefficient (Wildman–Crippen LogP) is 3.71. The molecule has 8 nitrogen and oxygen atoms in total. The molecule has 2 amide bonds. The minimum Gasteiger partial charge on any atom is -0.497 e. The van der Waals surface area contributed by atoms with Gasteiger partial charge in [0, 0.05) is 26.1 Å². The van der Waals surface area contributed by atoms with Crippen molar-refractivity contribution in [1.29, 1.82) is 0 Å². The Labute approximate surface area is 213 Å². The summed E-state index contributed by atoms with van der Waals surface area (Å²) in [7, 11) is -2.20. The van der Waals surface area contributed by atoms with Gasteiger partial charge in [-0.3, -0.25) is 13.9 Å². The van der Waals surface area contributed by atoms with Crippen LogP contribution in [0, 0.1) is 5.82 Å². The lowest BCUT2D eigenvalue weighted by Gasteiger charge is -2.31. The van der Waals surface area contributed by atoms with Crippen LogP contribution in [0.3, 0.4) is 0 Å². The number of hydrogen-bond donors (Lipinski definition) is 1. The summed E-state index contributed by atoms with van der Waals surface area (Å²) in [5, 5.41) is 2.86. The number of para-hydroxylation sites is 1. The Balaban J connectivity index is 2.21. The maximum atomic E-state index is 14.3. The number of rotatable bonds is 14. The van der Waals surface area contributed by atoms with Crippen molar-refractivity contribution in [3.05, 3.63) is 59.9 Å². The smallest absolute Gasteiger partial charge is 0.242 e. The van der Waals surface area contributed by atoms with Crippen molar-refractivity contribution in [1.82, 2.24) is 10.2 Å². The molecule has 0 radical (unpaired) electrons. The van der Waals surface area contributed by atoms with Gasteiger partial charge in [0.05, 0.1) is 19.1 Å². The zero-order valence-corrected chi connectivity index (χ0v) is 22.2. The molecule has 0 fully saturated rings.